The van der Waals surface area contributed by atoms with Crippen molar-refractivity contribution in [1.82, 2.24) is 0 Å². The van der Waals surface area contributed by atoms with E-state index in [0.717, 1.165) is 12.2 Å². The molecule has 1 saturated carbocycles. The number of carbonyl (C=O) groups is 6. The molecule has 0 radical (unpaired) electrons. The fourth-order valence-electron chi connectivity index (χ4n) is 5.99. The Morgan fingerprint density at radius 3 is 1.12 bits per heavy atom. The molecule has 0 aromatic rings. The molecule has 18 nitrogen and oxygen atoms in total. The van der Waals surface area contributed by atoms with E-state index in [1.54, 1.807) is 13.8 Å². The van der Waals surface area contributed by atoms with Crippen molar-refractivity contribution < 1.29 is 86.3 Å². The van der Waals surface area contributed by atoms with E-state index in [2.05, 4.69) is 0 Å². The third kappa shape index (κ3) is 8.71. The number of cyclic esters (lactones) is 2. The first-order chi connectivity index (χ1) is 26.7. The molecule has 5 rings (SSSR count). The van der Waals surface area contributed by atoms with Crippen LogP contribution in [-0.4, -0.2) is 96.6 Å². The van der Waals surface area contributed by atoms with Gasteiger partial charge in [-0.05, 0) is 24.3 Å². The number of rotatable bonds is 12. The number of ether oxygens (including phenoxy) is 10. The summed E-state index contributed by atoms with van der Waals surface area (Å²) in [6.45, 7) is 3.19. The van der Waals surface area contributed by atoms with Crippen LogP contribution in [0.5, 0.6) is 0 Å². The average molecular weight is 785 g/mol. The maximum Gasteiger partial charge on any atom is 0.348 e. The molecule has 2 atom stereocenters. The van der Waals surface area contributed by atoms with Gasteiger partial charge in [0.25, 0.3) is 35.0 Å². The van der Waals surface area contributed by atoms with Crippen LogP contribution in [0.3, 0.4) is 0 Å². The average Bonchev–Trinajstić information content (AvgIpc) is 3.13. The van der Waals surface area contributed by atoms with Crippen molar-refractivity contribution in [3.8, 4) is 0 Å². The van der Waals surface area contributed by atoms with Gasteiger partial charge in [-0.3, -0.25) is 0 Å². The largest absolute Gasteiger partial charge is 0.480 e. The molecule has 18 heteroatoms. The summed E-state index contributed by atoms with van der Waals surface area (Å²) in [5.41, 5.74) is -1.38. The lowest BCUT2D eigenvalue weighted by Crippen LogP contribution is -2.56. The number of aliphatic hydroxyl groups is 2. The number of esters is 6. The van der Waals surface area contributed by atoms with E-state index in [1.807, 2.05) is 0 Å². The highest BCUT2D eigenvalue weighted by molar-refractivity contribution is 6.16. The number of methoxy groups -OCH3 is 2. The van der Waals surface area contributed by atoms with Crippen molar-refractivity contribution in [2.24, 2.45) is 0 Å². The zero-order valence-electron chi connectivity index (χ0n) is 30.9. The van der Waals surface area contributed by atoms with Gasteiger partial charge in [0.05, 0.1) is 0 Å². The Morgan fingerprint density at radius 2 is 0.839 bits per heavy atom. The van der Waals surface area contributed by atoms with E-state index >= 15 is 0 Å². The number of allylic oxidation sites excluding steroid dienone is 8. The number of carbonyl (C=O) groups excluding carboxylic acids is 6. The Hall–Kier alpha value is -6.14. The molecule has 0 aromatic carbocycles. The van der Waals surface area contributed by atoms with Gasteiger partial charge in [-0.2, -0.15) is 0 Å². The highest BCUT2D eigenvalue weighted by Gasteiger charge is 2.57. The third-order valence-electron chi connectivity index (χ3n) is 9.09. The third-order valence-corrected chi connectivity index (χ3v) is 9.09. The molecule has 1 aliphatic carbocycles. The summed E-state index contributed by atoms with van der Waals surface area (Å²) in [6.07, 6.45) is 12.5. The topological polar surface area (TPSA) is 235 Å². The molecule has 0 bridgehead atoms. The smallest absolute Gasteiger partial charge is 0.348 e. The van der Waals surface area contributed by atoms with Gasteiger partial charge < -0.3 is 57.6 Å². The summed E-state index contributed by atoms with van der Waals surface area (Å²) in [5.74, 6) is -13.2. The molecule has 2 N–H and O–H groups in total. The van der Waals surface area contributed by atoms with Crippen LogP contribution in [-0.2, 0) is 76.1 Å². The summed E-state index contributed by atoms with van der Waals surface area (Å²) >= 11 is 0. The molecule has 2 saturated heterocycles. The van der Waals surface area contributed by atoms with Gasteiger partial charge >= 0.3 is 35.8 Å². The van der Waals surface area contributed by atoms with Crippen LogP contribution in [0.4, 0.5) is 0 Å². The standard InChI is InChI=1S/C38H40O18/c1-5-35(21-47-3)49-27(39)23(28(40)50-35)13-9-7-11-15-25-31(43)53-37(54-32(25)44)17-19-38(20-18-37)55-33(45)26(34(46)56-38)16-12-8-10-14-24-29(41)51-36(6-2,22-48-4)52-30(24)42/h7-16,39,41H,5-6,17-22H2,1-4H3/b11-7+,12-8+,13-9+,14-10+,25-15?,26-16?. The SMILES string of the molecule is CCC1(COC)OC(=O)C(/C=C/C=C/C=C2C(=O)OC3(CCC4(CC3)OC(=O)C(=C/C=C/C=C/C3=C(O)OC(CC)(COC)OC3=O)C(=O)O4)OC2=O)=C(O)O1. The van der Waals surface area contributed by atoms with Crippen LogP contribution in [0.15, 0.2) is 94.9 Å². The number of aliphatic hydroxyl groups excluding tert-OH is 2. The van der Waals surface area contributed by atoms with Crippen LogP contribution >= 0.6 is 0 Å². The molecule has 2 spiro atoms. The summed E-state index contributed by atoms with van der Waals surface area (Å²) in [6, 6.07) is 0. The maximum atomic E-state index is 12.9. The summed E-state index contributed by atoms with van der Waals surface area (Å²) < 4.78 is 53.3. The lowest BCUT2D eigenvalue weighted by molar-refractivity contribution is -0.291. The quantitative estimate of drug-likeness (QED) is 0.0948. The molecule has 0 aromatic heterocycles. The second kappa shape index (κ2) is 16.7. The van der Waals surface area contributed by atoms with Crippen LogP contribution in [0.2, 0.25) is 0 Å². The zero-order chi connectivity index (χ0) is 40.7. The van der Waals surface area contributed by atoms with Gasteiger partial charge in [-0.1, -0.05) is 50.3 Å². The first kappa shape index (κ1) is 41.0. The highest BCUT2D eigenvalue weighted by atomic mass is 16.8. The van der Waals surface area contributed by atoms with E-state index in [9.17, 15) is 39.0 Å². The van der Waals surface area contributed by atoms with Gasteiger partial charge in [-0.15, -0.1) is 0 Å². The molecule has 4 aliphatic heterocycles. The zero-order valence-corrected chi connectivity index (χ0v) is 30.9. The first-order valence-electron chi connectivity index (χ1n) is 17.4. The number of hydrogen-bond acceptors (Lipinski definition) is 18. The van der Waals surface area contributed by atoms with Crippen LogP contribution in [0.1, 0.15) is 52.4 Å². The van der Waals surface area contributed by atoms with Crippen molar-refractivity contribution in [3.05, 3.63) is 94.9 Å². The minimum atomic E-state index is -1.69. The number of hydrogen-bond donors (Lipinski definition) is 2. The van der Waals surface area contributed by atoms with Crippen molar-refractivity contribution in [2.45, 2.75) is 75.5 Å². The van der Waals surface area contributed by atoms with Crippen molar-refractivity contribution in [2.75, 3.05) is 27.4 Å². The Kier molecular flexibility index (Phi) is 12.2. The Labute approximate surface area is 319 Å². The van der Waals surface area contributed by atoms with Gasteiger partial charge in [0.1, 0.15) is 35.5 Å². The molecule has 5 aliphatic rings. The van der Waals surface area contributed by atoms with Crippen molar-refractivity contribution in [1.29, 1.82) is 0 Å². The normalized spacial score (nSPS) is 29.8. The minimum absolute atomic E-state index is 0.0970. The maximum absolute atomic E-state index is 12.9. The Balaban J connectivity index is 1.14. The van der Waals surface area contributed by atoms with Gasteiger partial charge in [0.2, 0.25) is 0 Å². The molecule has 0 amide bonds. The van der Waals surface area contributed by atoms with Crippen LogP contribution in [0, 0.1) is 0 Å². The van der Waals surface area contributed by atoms with Crippen LogP contribution < -0.4 is 0 Å². The fraction of sp³-hybridized carbons (Fsp3) is 0.421. The van der Waals surface area contributed by atoms with Crippen LogP contribution in [0.25, 0.3) is 0 Å². The summed E-state index contributed by atoms with van der Waals surface area (Å²) in [4.78, 5) is 76.3. The summed E-state index contributed by atoms with van der Waals surface area (Å²) in [5, 5.41) is 20.5. The highest BCUT2D eigenvalue weighted by Crippen LogP contribution is 2.45. The molecule has 56 heavy (non-hydrogen) atoms. The first-order valence-corrected chi connectivity index (χ1v) is 17.4. The Morgan fingerprint density at radius 1 is 0.500 bits per heavy atom. The van der Waals surface area contributed by atoms with E-state index < -0.39 is 82.0 Å². The van der Waals surface area contributed by atoms with Crippen molar-refractivity contribution >= 4 is 35.8 Å². The van der Waals surface area contributed by atoms with Gasteiger partial charge in [0, 0.05) is 52.7 Å². The Bertz CT molecular complexity index is 1720. The van der Waals surface area contributed by atoms with E-state index in [1.165, 1.54) is 62.8 Å². The lowest BCUT2D eigenvalue weighted by atomic mass is 9.87. The van der Waals surface area contributed by atoms with E-state index in [0.29, 0.717) is 0 Å². The predicted molar refractivity (Wildman–Crippen MR) is 184 cm³/mol. The molecule has 3 fully saturated rings. The van der Waals surface area contributed by atoms with E-state index in [-0.39, 0.29) is 62.9 Å². The molecule has 2 unspecified atom stereocenters. The molecule has 300 valence electrons. The van der Waals surface area contributed by atoms with E-state index in [4.69, 9.17) is 47.4 Å². The summed E-state index contributed by atoms with van der Waals surface area (Å²) in [7, 11) is 2.78. The van der Waals surface area contributed by atoms with Gasteiger partial charge in [0.15, 0.2) is 0 Å². The fourth-order valence-corrected chi connectivity index (χ4v) is 5.99. The lowest BCUT2D eigenvalue weighted by Gasteiger charge is -2.45. The second-order valence-corrected chi connectivity index (χ2v) is 12.8. The minimum Gasteiger partial charge on any atom is -0.480 e. The second-order valence-electron chi connectivity index (χ2n) is 12.8. The van der Waals surface area contributed by atoms with Gasteiger partial charge in [-0.25, -0.2) is 28.8 Å². The molecule has 4 heterocycles. The molecular formula is C38H40O18. The van der Waals surface area contributed by atoms with Crippen molar-refractivity contribution in [3.63, 3.8) is 0 Å². The molecular weight excluding hydrogens is 744 g/mol. The predicted octanol–water partition coefficient (Wildman–Crippen LogP) is 3.42. The monoisotopic (exact) mass is 784 g/mol.